The molecule has 0 fully saturated rings. The number of benzene rings is 4. The number of unbranched alkanes of at least 4 members (excludes halogenated alkanes) is 1. The Labute approximate surface area is 219 Å². The number of aromatic nitrogens is 2. The molecule has 37 heavy (non-hydrogen) atoms. The Morgan fingerprint density at radius 1 is 0.703 bits per heavy atom. The summed E-state index contributed by atoms with van der Waals surface area (Å²) in [4.78, 5) is 13.1. The molecular formula is C33H26N2OS. The Kier molecular flexibility index (Phi) is 5.22. The maximum atomic E-state index is 11.3. The number of para-hydroxylation sites is 2. The van der Waals surface area contributed by atoms with Gasteiger partial charge in [0.05, 0.1) is 21.4 Å². The molecule has 3 heterocycles. The minimum atomic E-state index is 0.762. The van der Waals surface area contributed by atoms with E-state index in [1.54, 1.807) is 11.3 Å². The van der Waals surface area contributed by atoms with Crippen LogP contribution in [0.3, 0.4) is 0 Å². The number of fused-ring (bicyclic) bond motifs is 6. The lowest BCUT2D eigenvalue weighted by Gasteiger charge is -2.11. The number of aryl methyl sites for hydroxylation is 1. The van der Waals surface area contributed by atoms with Gasteiger partial charge in [-0.15, -0.1) is 11.3 Å². The summed E-state index contributed by atoms with van der Waals surface area (Å²) >= 11 is 1.55. The average molecular weight is 499 g/mol. The van der Waals surface area contributed by atoms with Crippen molar-refractivity contribution in [1.82, 2.24) is 9.13 Å². The van der Waals surface area contributed by atoms with Crippen molar-refractivity contribution < 1.29 is 4.79 Å². The molecule has 0 saturated heterocycles. The maximum absolute atomic E-state index is 11.3. The number of hydrogen-bond donors (Lipinski definition) is 0. The summed E-state index contributed by atoms with van der Waals surface area (Å²) < 4.78 is 4.88. The van der Waals surface area contributed by atoms with Crippen LogP contribution in [-0.4, -0.2) is 15.4 Å². The summed E-state index contributed by atoms with van der Waals surface area (Å²) in [5, 5.41) is 5.11. The van der Waals surface area contributed by atoms with E-state index in [-0.39, 0.29) is 0 Å². The molecule has 0 unspecified atom stereocenters. The monoisotopic (exact) mass is 498 g/mol. The Bertz CT molecular complexity index is 1900. The van der Waals surface area contributed by atoms with Crippen LogP contribution in [0.1, 0.15) is 29.4 Å². The third-order valence-electron chi connectivity index (χ3n) is 7.45. The van der Waals surface area contributed by atoms with Crippen LogP contribution in [0.2, 0.25) is 0 Å². The van der Waals surface area contributed by atoms with Crippen LogP contribution in [0, 0.1) is 0 Å². The molecule has 0 aliphatic rings. The van der Waals surface area contributed by atoms with Crippen molar-refractivity contribution in [3.8, 4) is 16.1 Å². The van der Waals surface area contributed by atoms with Gasteiger partial charge in [-0.3, -0.25) is 4.79 Å². The zero-order chi connectivity index (χ0) is 24.9. The number of carbonyl (C=O) groups is 1. The van der Waals surface area contributed by atoms with E-state index in [9.17, 15) is 4.79 Å². The van der Waals surface area contributed by atoms with Gasteiger partial charge < -0.3 is 9.13 Å². The topological polar surface area (TPSA) is 26.9 Å². The summed E-state index contributed by atoms with van der Waals surface area (Å²) in [6.07, 6.45) is 3.19. The molecule has 0 amide bonds. The predicted molar refractivity (Wildman–Crippen MR) is 157 cm³/mol. The highest BCUT2D eigenvalue weighted by Crippen LogP contribution is 2.37. The van der Waals surface area contributed by atoms with Gasteiger partial charge in [0.15, 0.2) is 6.29 Å². The number of nitrogens with zero attached hydrogens (tertiary/aromatic N) is 2. The fourth-order valence-corrected chi connectivity index (χ4v) is 6.52. The Balaban J connectivity index is 1.49. The van der Waals surface area contributed by atoms with Crippen molar-refractivity contribution in [2.75, 3.05) is 0 Å². The minimum Gasteiger partial charge on any atom is -0.340 e. The van der Waals surface area contributed by atoms with Gasteiger partial charge in [-0.1, -0.05) is 67.9 Å². The second kappa shape index (κ2) is 8.75. The molecule has 0 N–H and O–H groups in total. The fourth-order valence-electron chi connectivity index (χ4n) is 5.71. The average Bonchev–Trinajstić information content (AvgIpc) is 3.64. The Morgan fingerprint density at radius 2 is 1.35 bits per heavy atom. The molecule has 0 spiro atoms. The van der Waals surface area contributed by atoms with Gasteiger partial charge in [-0.25, -0.2) is 0 Å². The normalized spacial score (nSPS) is 11.8. The van der Waals surface area contributed by atoms with Crippen molar-refractivity contribution in [2.45, 2.75) is 26.3 Å². The molecule has 0 bridgehead atoms. The van der Waals surface area contributed by atoms with Gasteiger partial charge in [-0.05, 0) is 54.4 Å². The number of carbonyl (C=O) groups excluding carboxylic acids is 1. The van der Waals surface area contributed by atoms with Crippen LogP contribution < -0.4 is 0 Å². The third-order valence-corrected chi connectivity index (χ3v) is 8.51. The van der Waals surface area contributed by atoms with Crippen molar-refractivity contribution >= 4 is 61.2 Å². The van der Waals surface area contributed by atoms with Crippen LogP contribution >= 0.6 is 11.3 Å². The van der Waals surface area contributed by atoms with Gasteiger partial charge in [0, 0.05) is 44.2 Å². The molecule has 7 aromatic rings. The standard InChI is InChI=1S/C33H26N2OS/c1-2-3-18-34-31-19-22(33-17-14-24(21-36)37-33)12-15-27(31)28-16-13-23(20-32(28)34)35-29-10-6-4-8-25(29)26-9-5-7-11-30(26)35/h4-17,19-21H,2-3,18H2,1H3. The molecule has 0 radical (unpaired) electrons. The molecule has 4 aromatic carbocycles. The van der Waals surface area contributed by atoms with Gasteiger partial charge in [0.2, 0.25) is 0 Å². The van der Waals surface area contributed by atoms with Crippen LogP contribution in [-0.2, 0) is 6.54 Å². The summed E-state index contributed by atoms with van der Waals surface area (Å²) in [5.41, 5.74) is 7.31. The van der Waals surface area contributed by atoms with Crippen LogP contribution in [0.25, 0.3) is 59.7 Å². The maximum Gasteiger partial charge on any atom is 0.160 e. The van der Waals surface area contributed by atoms with Crippen LogP contribution in [0.5, 0.6) is 0 Å². The first-order chi connectivity index (χ1) is 18.3. The van der Waals surface area contributed by atoms with Gasteiger partial charge in [0.25, 0.3) is 0 Å². The molecule has 7 rings (SSSR count). The molecule has 3 nitrogen and oxygen atoms in total. The largest absolute Gasteiger partial charge is 0.340 e. The first kappa shape index (κ1) is 22.1. The number of thiophene rings is 1. The summed E-state index contributed by atoms with van der Waals surface area (Å²) in [6, 6.07) is 34.9. The number of hydrogen-bond acceptors (Lipinski definition) is 2. The van der Waals surface area contributed by atoms with Crippen molar-refractivity contribution in [3.63, 3.8) is 0 Å². The smallest absolute Gasteiger partial charge is 0.160 e. The number of aldehydes is 1. The van der Waals surface area contributed by atoms with Crippen LogP contribution in [0.4, 0.5) is 0 Å². The quantitative estimate of drug-likeness (QED) is 0.210. The molecule has 0 saturated carbocycles. The predicted octanol–water partition coefficient (Wildman–Crippen LogP) is 9.23. The fraction of sp³-hybridized carbons (Fsp3) is 0.121. The zero-order valence-electron chi connectivity index (χ0n) is 20.6. The van der Waals surface area contributed by atoms with E-state index in [1.165, 1.54) is 49.3 Å². The highest BCUT2D eigenvalue weighted by molar-refractivity contribution is 7.17. The highest BCUT2D eigenvalue weighted by atomic mass is 32.1. The van der Waals surface area contributed by atoms with Gasteiger partial charge in [-0.2, -0.15) is 0 Å². The number of rotatable bonds is 6. The van der Waals surface area contributed by atoms with Crippen molar-refractivity contribution in [1.29, 1.82) is 0 Å². The molecule has 0 aliphatic carbocycles. The van der Waals surface area contributed by atoms with E-state index in [2.05, 4.69) is 107 Å². The first-order valence-electron chi connectivity index (χ1n) is 12.9. The van der Waals surface area contributed by atoms with Crippen molar-refractivity contribution in [2.24, 2.45) is 0 Å². The highest BCUT2D eigenvalue weighted by Gasteiger charge is 2.16. The van der Waals surface area contributed by atoms with Gasteiger partial charge in [0.1, 0.15) is 0 Å². The zero-order valence-corrected chi connectivity index (χ0v) is 21.5. The van der Waals surface area contributed by atoms with E-state index < -0.39 is 0 Å². The lowest BCUT2D eigenvalue weighted by molar-refractivity contribution is 0.112. The summed E-state index contributed by atoms with van der Waals surface area (Å²) in [7, 11) is 0. The second-order valence-corrected chi connectivity index (χ2v) is 10.7. The first-order valence-corrected chi connectivity index (χ1v) is 13.7. The van der Waals surface area contributed by atoms with Gasteiger partial charge >= 0.3 is 0 Å². The molecule has 180 valence electrons. The van der Waals surface area contributed by atoms with Crippen LogP contribution in [0.15, 0.2) is 97.1 Å². The minimum absolute atomic E-state index is 0.762. The van der Waals surface area contributed by atoms with E-state index in [0.29, 0.717) is 0 Å². The molecular weight excluding hydrogens is 472 g/mol. The SMILES string of the molecule is CCCCn1c2cc(-c3ccc(C=O)s3)ccc2c2ccc(-n3c4ccccc4c4ccccc43)cc21. The van der Waals surface area contributed by atoms with Crippen molar-refractivity contribution in [3.05, 3.63) is 102 Å². The second-order valence-electron chi connectivity index (χ2n) is 9.63. The summed E-state index contributed by atoms with van der Waals surface area (Å²) in [5.74, 6) is 0. The lowest BCUT2D eigenvalue weighted by Crippen LogP contribution is -1.99. The van der Waals surface area contributed by atoms with E-state index in [0.717, 1.165) is 41.0 Å². The Morgan fingerprint density at radius 3 is 2.03 bits per heavy atom. The molecule has 3 aromatic heterocycles. The lowest BCUT2D eigenvalue weighted by atomic mass is 10.1. The van der Waals surface area contributed by atoms with E-state index in [4.69, 9.17) is 0 Å². The van der Waals surface area contributed by atoms with E-state index >= 15 is 0 Å². The Hall–Kier alpha value is -4.15. The summed E-state index contributed by atoms with van der Waals surface area (Å²) in [6.45, 7) is 3.22. The molecule has 0 aliphatic heterocycles. The van der Waals surface area contributed by atoms with E-state index in [1.807, 2.05) is 6.07 Å². The molecule has 0 atom stereocenters. The third kappa shape index (κ3) is 3.44. The molecule has 4 heteroatoms.